The van der Waals surface area contributed by atoms with Crippen molar-refractivity contribution in [3.8, 4) is 11.1 Å². The molecule has 1 aromatic carbocycles. The molecule has 2 aliphatic heterocycles. The van der Waals surface area contributed by atoms with Gasteiger partial charge >= 0.3 is 5.97 Å². The molecule has 9 heteroatoms. The summed E-state index contributed by atoms with van der Waals surface area (Å²) >= 11 is 0. The summed E-state index contributed by atoms with van der Waals surface area (Å²) in [4.78, 5) is 30.4. The lowest BCUT2D eigenvalue weighted by Gasteiger charge is -2.26. The number of aromatic nitrogens is 1. The third-order valence-electron chi connectivity index (χ3n) is 6.54. The first-order valence-electron chi connectivity index (χ1n) is 12.1. The van der Waals surface area contributed by atoms with Crippen LogP contribution in [0.5, 0.6) is 0 Å². The van der Waals surface area contributed by atoms with Crippen molar-refractivity contribution in [3.63, 3.8) is 0 Å². The maximum absolute atomic E-state index is 13.8. The molecule has 0 saturated carbocycles. The van der Waals surface area contributed by atoms with Crippen molar-refractivity contribution >= 4 is 23.8 Å². The highest BCUT2D eigenvalue weighted by Crippen LogP contribution is 2.42. The zero-order valence-electron chi connectivity index (χ0n) is 20.4. The quantitative estimate of drug-likeness (QED) is 0.508. The second kappa shape index (κ2) is 10.9. The summed E-state index contributed by atoms with van der Waals surface area (Å²) in [5, 5.41) is 29.3. The fraction of sp³-hybridized carbons (Fsp3) is 0.444. The van der Waals surface area contributed by atoms with Crippen molar-refractivity contribution in [2.75, 3.05) is 11.5 Å². The number of carbonyl (C=O) groups is 2. The summed E-state index contributed by atoms with van der Waals surface area (Å²) in [6.07, 6.45) is 1.41. The number of rotatable bonds is 8. The van der Waals surface area contributed by atoms with Crippen LogP contribution >= 0.6 is 0 Å². The van der Waals surface area contributed by atoms with Gasteiger partial charge in [0, 0.05) is 24.0 Å². The number of ether oxygens (including phenoxy) is 1. The predicted molar refractivity (Wildman–Crippen MR) is 132 cm³/mol. The molecule has 3 atom stereocenters. The number of carboxylic acids is 1. The van der Waals surface area contributed by atoms with Gasteiger partial charge in [0.05, 0.1) is 43.6 Å². The van der Waals surface area contributed by atoms with Gasteiger partial charge in [-0.05, 0) is 35.6 Å². The number of halogens is 1. The van der Waals surface area contributed by atoms with Crippen LogP contribution in [0.1, 0.15) is 62.3 Å². The summed E-state index contributed by atoms with van der Waals surface area (Å²) < 4.78 is 19.8. The Morgan fingerprint density at radius 1 is 1.28 bits per heavy atom. The Morgan fingerprint density at radius 3 is 2.67 bits per heavy atom. The van der Waals surface area contributed by atoms with E-state index in [0.29, 0.717) is 47.7 Å². The lowest BCUT2D eigenvalue weighted by Crippen LogP contribution is -2.36. The Labute approximate surface area is 209 Å². The highest BCUT2D eigenvalue weighted by Gasteiger charge is 2.38. The van der Waals surface area contributed by atoms with Crippen LogP contribution in [0.15, 0.2) is 30.3 Å². The minimum absolute atomic E-state index is 0.00913. The fourth-order valence-electron chi connectivity index (χ4n) is 4.87. The number of hydrogen-bond donors (Lipinski definition) is 3. The largest absolute Gasteiger partial charge is 0.481 e. The summed E-state index contributed by atoms with van der Waals surface area (Å²) in [6, 6.07) is 5.96. The van der Waals surface area contributed by atoms with Gasteiger partial charge in [0.1, 0.15) is 11.6 Å². The summed E-state index contributed by atoms with van der Waals surface area (Å²) in [7, 11) is 0. The molecule has 3 heterocycles. The molecule has 1 aromatic heterocycles. The standard InChI is InChI=1S/C27H31FN2O6/c1-15(2)26-21(9-8-19(31)11-20(32)12-24(34)35)25(16-3-5-17(28)6-4-16)22-14-36-13-18-7-10-23(33)30(18)27(22)29-26/h3-6,8-9,15,18-20,31-32H,7,10-14H2,1-2H3,(H,34,35)/b9-8+/t18-,19-,20-/m1/s1. The maximum Gasteiger partial charge on any atom is 0.305 e. The van der Waals surface area contributed by atoms with E-state index >= 15 is 0 Å². The number of carbonyl (C=O) groups excluding carboxylic acids is 1. The number of fused-ring (bicyclic) bond motifs is 3. The van der Waals surface area contributed by atoms with E-state index in [0.717, 1.165) is 5.56 Å². The molecule has 1 saturated heterocycles. The van der Waals surface area contributed by atoms with Crippen LogP contribution in [0.4, 0.5) is 10.2 Å². The van der Waals surface area contributed by atoms with Gasteiger partial charge < -0.3 is 20.1 Å². The van der Waals surface area contributed by atoms with E-state index in [4.69, 9.17) is 14.8 Å². The van der Waals surface area contributed by atoms with Crippen LogP contribution in [0.3, 0.4) is 0 Å². The molecule has 4 rings (SSSR count). The summed E-state index contributed by atoms with van der Waals surface area (Å²) in [6.45, 7) is 4.57. The third kappa shape index (κ3) is 5.48. The van der Waals surface area contributed by atoms with Crippen LogP contribution in [-0.2, 0) is 20.9 Å². The molecule has 192 valence electrons. The Kier molecular flexibility index (Phi) is 7.82. The predicted octanol–water partition coefficient (Wildman–Crippen LogP) is 3.64. The highest BCUT2D eigenvalue weighted by atomic mass is 19.1. The van der Waals surface area contributed by atoms with E-state index in [1.54, 1.807) is 23.1 Å². The Morgan fingerprint density at radius 2 is 2.00 bits per heavy atom. The Balaban J connectivity index is 1.87. The number of pyridine rings is 1. The first-order chi connectivity index (χ1) is 17.2. The normalized spacial score (nSPS) is 19.3. The number of nitrogens with zero attached hydrogens (tertiary/aromatic N) is 2. The van der Waals surface area contributed by atoms with Crippen LogP contribution in [0.25, 0.3) is 17.2 Å². The van der Waals surface area contributed by atoms with Crippen molar-refractivity contribution in [1.29, 1.82) is 0 Å². The van der Waals surface area contributed by atoms with Gasteiger partial charge in [-0.3, -0.25) is 14.5 Å². The van der Waals surface area contributed by atoms with Crippen LogP contribution in [0.2, 0.25) is 0 Å². The van der Waals surface area contributed by atoms with Crippen molar-refractivity contribution in [2.45, 2.75) is 70.3 Å². The number of aliphatic hydroxyl groups excluding tert-OH is 2. The minimum atomic E-state index is -1.19. The number of aliphatic carboxylic acids is 1. The molecule has 36 heavy (non-hydrogen) atoms. The number of amides is 1. The van der Waals surface area contributed by atoms with E-state index in [1.165, 1.54) is 18.2 Å². The van der Waals surface area contributed by atoms with E-state index in [1.807, 2.05) is 13.8 Å². The molecule has 0 radical (unpaired) electrons. The van der Waals surface area contributed by atoms with Gasteiger partial charge in [0.25, 0.3) is 0 Å². The van der Waals surface area contributed by atoms with Crippen LogP contribution < -0.4 is 4.90 Å². The monoisotopic (exact) mass is 498 g/mol. The first kappa shape index (κ1) is 25.9. The molecule has 1 amide bonds. The first-order valence-corrected chi connectivity index (χ1v) is 12.1. The van der Waals surface area contributed by atoms with Crippen LogP contribution in [-0.4, -0.2) is 57.0 Å². The molecular weight excluding hydrogens is 467 g/mol. The van der Waals surface area contributed by atoms with Gasteiger partial charge in [-0.2, -0.15) is 0 Å². The number of benzene rings is 1. The van der Waals surface area contributed by atoms with Crippen molar-refractivity contribution in [2.24, 2.45) is 0 Å². The zero-order valence-corrected chi connectivity index (χ0v) is 20.4. The van der Waals surface area contributed by atoms with Crippen molar-refractivity contribution in [3.05, 3.63) is 53.0 Å². The lowest BCUT2D eigenvalue weighted by atomic mass is 9.89. The number of aliphatic hydroxyl groups is 2. The van der Waals surface area contributed by atoms with E-state index < -0.39 is 24.6 Å². The molecule has 1 fully saturated rings. The van der Waals surface area contributed by atoms with E-state index in [9.17, 15) is 24.2 Å². The second-order valence-electron chi connectivity index (χ2n) is 9.63. The highest BCUT2D eigenvalue weighted by molar-refractivity contribution is 5.98. The molecule has 3 N–H and O–H groups in total. The molecule has 0 bridgehead atoms. The SMILES string of the molecule is CC(C)c1nc2c(c(-c3ccc(F)cc3)c1/C=C/[C@@H](O)C[C@@H](O)CC(=O)O)COC[C@H]1CCC(=O)N21. The third-order valence-corrected chi connectivity index (χ3v) is 6.54. The average molecular weight is 499 g/mol. The Hall–Kier alpha value is -3.14. The molecule has 2 aliphatic rings. The van der Waals surface area contributed by atoms with Gasteiger partial charge in [-0.1, -0.05) is 38.1 Å². The lowest BCUT2D eigenvalue weighted by molar-refractivity contribution is -0.139. The fourth-order valence-corrected chi connectivity index (χ4v) is 4.87. The molecule has 0 aliphatic carbocycles. The Bertz CT molecular complexity index is 1160. The maximum atomic E-state index is 13.8. The van der Waals surface area contributed by atoms with Gasteiger partial charge in [0.2, 0.25) is 5.91 Å². The van der Waals surface area contributed by atoms with E-state index in [2.05, 4.69) is 0 Å². The van der Waals surface area contributed by atoms with E-state index in [-0.39, 0.29) is 36.7 Å². The smallest absolute Gasteiger partial charge is 0.305 e. The van der Waals surface area contributed by atoms with Gasteiger partial charge in [-0.25, -0.2) is 9.37 Å². The zero-order chi connectivity index (χ0) is 26.0. The van der Waals surface area contributed by atoms with Crippen molar-refractivity contribution in [1.82, 2.24) is 4.98 Å². The van der Waals surface area contributed by atoms with Crippen LogP contribution in [0, 0.1) is 5.82 Å². The molecular formula is C27H31FN2O6. The summed E-state index contributed by atoms with van der Waals surface area (Å²) in [5.41, 5.74) is 3.55. The number of carboxylic acid groups (broad SMARTS) is 1. The second-order valence-corrected chi connectivity index (χ2v) is 9.63. The number of anilines is 1. The average Bonchev–Trinajstić information content (AvgIpc) is 3.06. The topological polar surface area (TPSA) is 120 Å². The number of hydrogen-bond acceptors (Lipinski definition) is 6. The minimum Gasteiger partial charge on any atom is -0.481 e. The molecule has 2 aromatic rings. The molecule has 0 spiro atoms. The summed E-state index contributed by atoms with van der Waals surface area (Å²) in [5.74, 6) is -1.04. The molecule has 8 nitrogen and oxygen atoms in total. The molecule has 0 unspecified atom stereocenters. The van der Waals surface area contributed by atoms with Crippen molar-refractivity contribution < 1.29 is 34.0 Å². The van der Waals surface area contributed by atoms with Gasteiger partial charge in [0.15, 0.2) is 0 Å². The van der Waals surface area contributed by atoms with Gasteiger partial charge in [-0.15, -0.1) is 0 Å².